The molecule has 0 bridgehead atoms. The summed E-state index contributed by atoms with van der Waals surface area (Å²) in [7, 11) is 0. The molecule has 0 aliphatic rings. The molecule has 1 aromatic rings. The minimum absolute atomic E-state index is 0.0368. The molecular weight excluding hydrogens is 226 g/mol. The number of aryl methyl sites for hydroxylation is 1. The summed E-state index contributed by atoms with van der Waals surface area (Å²) in [5.74, 6) is -0.285. The minimum atomic E-state index is -0.524. The van der Waals surface area contributed by atoms with Gasteiger partial charge in [-0.2, -0.15) is 0 Å². The van der Waals surface area contributed by atoms with Crippen molar-refractivity contribution in [2.75, 3.05) is 0 Å². The Kier molecular flexibility index (Phi) is 6.44. The van der Waals surface area contributed by atoms with Crippen LogP contribution in [0.3, 0.4) is 0 Å². The van der Waals surface area contributed by atoms with Gasteiger partial charge in [0.25, 0.3) is 0 Å². The molecule has 0 saturated carbocycles. The van der Waals surface area contributed by atoms with E-state index in [1.54, 1.807) is 0 Å². The molecule has 3 heteroatoms. The van der Waals surface area contributed by atoms with Crippen LogP contribution in [0.2, 0.25) is 0 Å². The zero-order valence-electron chi connectivity index (χ0n) is 11.3. The average molecular weight is 249 g/mol. The predicted octanol–water partition coefficient (Wildman–Crippen LogP) is 2.68. The number of carbonyl (C=O) groups is 1. The molecule has 0 fully saturated rings. The molecule has 0 aromatic heterocycles. The van der Waals surface area contributed by atoms with E-state index in [1.165, 1.54) is 5.56 Å². The van der Waals surface area contributed by atoms with Gasteiger partial charge in [0.1, 0.15) is 6.04 Å². The lowest BCUT2D eigenvalue weighted by atomic mass is 10.1. The van der Waals surface area contributed by atoms with Crippen LogP contribution >= 0.6 is 0 Å². The first-order valence-electron chi connectivity index (χ1n) is 6.63. The van der Waals surface area contributed by atoms with Crippen molar-refractivity contribution in [3.05, 3.63) is 35.9 Å². The molecular formula is C15H23NO2. The van der Waals surface area contributed by atoms with Crippen LogP contribution in [0.4, 0.5) is 0 Å². The zero-order chi connectivity index (χ0) is 13.4. The van der Waals surface area contributed by atoms with Crippen molar-refractivity contribution in [3.63, 3.8) is 0 Å². The molecule has 0 heterocycles. The quantitative estimate of drug-likeness (QED) is 0.756. The molecule has 2 N–H and O–H groups in total. The first-order valence-corrected chi connectivity index (χ1v) is 6.63. The lowest BCUT2D eigenvalue weighted by Crippen LogP contribution is -2.34. The van der Waals surface area contributed by atoms with Crippen molar-refractivity contribution in [2.24, 2.45) is 5.73 Å². The third-order valence-electron chi connectivity index (χ3n) is 2.90. The summed E-state index contributed by atoms with van der Waals surface area (Å²) < 4.78 is 5.28. The van der Waals surface area contributed by atoms with Gasteiger partial charge in [-0.05, 0) is 31.7 Å². The molecule has 2 unspecified atom stereocenters. The van der Waals surface area contributed by atoms with Crippen LogP contribution in [0.25, 0.3) is 0 Å². The van der Waals surface area contributed by atoms with Crippen LogP contribution in [0, 0.1) is 0 Å². The highest BCUT2D eigenvalue weighted by molar-refractivity contribution is 5.75. The number of esters is 1. The number of carbonyl (C=O) groups excluding carboxylic acids is 1. The Balaban J connectivity index is 2.32. The van der Waals surface area contributed by atoms with Gasteiger partial charge in [0, 0.05) is 0 Å². The largest absolute Gasteiger partial charge is 0.462 e. The fraction of sp³-hybridized carbons (Fsp3) is 0.533. The molecule has 0 amide bonds. The lowest BCUT2D eigenvalue weighted by Gasteiger charge is -2.16. The van der Waals surface area contributed by atoms with E-state index in [0.717, 1.165) is 19.3 Å². The summed E-state index contributed by atoms with van der Waals surface area (Å²) in [6.45, 7) is 3.98. The van der Waals surface area contributed by atoms with Gasteiger partial charge in [0.05, 0.1) is 6.10 Å². The minimum Gasteiger partial charge on any atom is -0.462 e. The van der Waals surface area contributed by atoms with Crippen molar-refractivity contribution >= 4 is 5.97 Å². The van der Waals surface area contributed by atoms with Crippen LogP contribution in [0.1, 0.15) is 38.7 Å². The van der Waals surface area contributed by atoms with Gasteiger partial charge in [0.15, 0.2) is 0 Å². The molecule has 0 saturated heterocycles. The molecule has 0 radical (unpaired) electrons. The van der Waals surface area contributed by atoms with Gasteiger partial charge in [0.2, 0.25) is 0 Å². The molecule has 3 nitrogen and oxygen atoms in total. The van der Waals surface area contributed by atoms with E-state index in [1.807, 2.05) is 37.3 Å². The van der Waals surface area contributed by atoms with E-state index < -0.39 is 6.04 Å². The Morgan fingerprint density at radius 3 is 2.56 bits per heavy atom. The second-order valence-electron chi connectivity index (χ2n) is 4.67. The smallest absolute Gasteiger partial charge is 0.323 e. The summed E-state index contributed by atoms with van der Waals surface area (Å²) >= 11 is 0. The summed E-state index contributed by atoms with van der Waals surface area (Å²) in [4.78, 5) is 11.7. The molecule has 0 aliphatic heterocycles. The van der Waals surface area contributed by atoms with E-state index >= 15 is 0 Å². The SMILES string of the molecule is CCCC(C)OC(=O)C(N)CCc1ccccc1. The first-order chi connectivity index (χ1) is 8.63. The van der Waals surface area contributed by atoms with Crippen LogP contribution in [0.15, 0.2) is 30.3 Å². The van der Waals surface area contributed by atoms with Gasteiger partial charge in [-0.25, -0.2) is 0 Å². The number of ether oxygens (including phenoxy) is 1. The number of hydrogen-bond acceptors (Lipinski definition) is 3. The fourth-order valence-electron chi connectivity index (χ4n) is 1.84. The Hall–Kier alpha value is -1.35. The summed E-state index contributed by atoms with van der Waals surface area (Å²) in [5, 5.41) is 0. The summed E-state index contributed by atoms with van der Waals surface area (Å²) in [6, 6.07) is 9.51. The predicted molar refractivity (Wildman–Crippen MR) is 73.2 cm³/mol. The topological polar surface area (TPSA) is 52.3 Å². The van der Waals surface area contributed by atoms with Crippen LogP contribution in [0.5, 0.6) is 0 Å². The average Bonchev–Trinajstić information content (AvgIpc) is 2.37. The molecule has 0 spiro atoms. The third-order valence-corrected chi connectivity index (χ3v) is 2.90. The second kappa shape index (κ2) is 7.88. The van der Waals surface area contributed by atoms with Crippen LogP contribution in [-0.2, 0) is 16.0 Å². The standard InChI is InChI=1S/C15H23NO2/c1-3-7-12(2)18-15(17)14(16)11-10-13-8-5-4-6-9-13/h4-6,8-9,12,14H,3,7,10-11,16H2,1-2H3. The maximum atomic E-state index is 11.7. The first kappa shape index (κ1) is 14.7. The third kappa shape index (κ3) is 5.32. The van der Waals surface area contributed by atoms with Crippen molar-refractivity contribution in [1.82, 2.24) is 0 Å². The highest BCUT2D eigenvalue weighted by atomic mass is 16.5. The Morgan fingerprint density at radius 1 is 1.28 bits per heavy atom. The molecule has 18 heavy (non-hydrogen) atoms. The Labute approximate surface area is 109 Å². The maximum absolute atomic E-state index is 11.7. The van der Waals surface area contributed by atoms with Gasteiger partial charge in [-0.15, -0.1) is 0 Å². The van der Waals surface area contributed by atoms with E-state index in [4.69, 9.17) is 10.5 Å². The lowest BCUT2D eigenvalue weighted by molar-refractivity contribution is -0.150. The number of nitrogens with two attached hydrogens (primary N) is 1. The highest BCUT2D eigenvalue weighted by Gasteiger charge is 2.17. The van der Waals surface area contributed by atoms with Crippen molar-refractivity contribution < 1.29 is 9.53 Å². The molecule has 0 aliphatic carbocycles. The molecule has 2 atom stereocenters. The summed E-state index contributed by atoms with van der Waals surface area (Å²) in [6.07, 6.45) is 3.29. The van der Waals surface area contributed by atoms with Crippen molar-refractivity contribution in [3.8, 4) is 0 Å². The van der Waals surface area contributed by atoms with Crippen LogP contribution < -0.4 is 5.73 Å². The van der Waals surface area contributed by atoms with Gasteiger partial charge in [-0.1, -0.05) is 43.7 Å². The van der Waals surface area contributed by atoms with Crippen LogP contribution in [-0.4, -0.2) is 18.1 Å². The molecule has 100 valence electrons. The number of rotatable bonds is 7. The molecule has 1 rings (SSSR count). The van der Waals surface area contributed by atoms with Gasteiger partial charge >= 0.3 is 5.97 Å². The Morgan fingerprint density at radius 2 is 1.94 bits per heavy atom. The number of benzene rings is 1. The van der Waals surface area contributed by atoms with Gasteiger partial charge in [-0.3, -0.25) is 4.79 Å². The Bertz CT molecular complexity index is 351. The highest BCUT2D eigenvalue weighted by Crippen LogP contribution is 2.07. The second-order valence-corrected chi connectivity index (χ2v) is 4.67. The van der Waals surface area contributed by atoms with E-state index in [9.17, 15) is 4.79 Å². The fourth-order valence-corrected chi connectivity index (χ4v) is 1.84. The van der Waals surface area contributed by atoms with E-state index in [2.05, 4.69) is 6.92 Å². The monoisotopic (exact) mass is 249 g/mol. The molecule has 1 aromatic carbocycles. The van der Waals surface area contributed by atoms with Crippen molar-refractivity contribution in [2.45, 2.75) is 51.7 Å². The van der Waals surface area contributed by atoms with Gasteiger partial charge < -0.3 is 10.5 Å². The maximum Gasteiger partial charge on any atom is 0.323 e. The van der Waals surface area contributed by atoms with E-state index in [0.29, 0.717) is 6.42 Å². The number of hydrogen-bond donors (Lipinski definition) is 1. The normalized spacial score (nSPS) is 13.9. The van der Waals surface area contributed by atoms with Crippen molar-refractivity contribution in [1.29, 1.82) is 0 Å². The van der Waals surface area contributed by atoms with E-state index in [-0.39, 0.29) is 12.1 Å². The summed E-state index contributed by atoms with van der Waals surface area (Å²) in [5.41, 5.74) is 7.03. The zero-order valence-corrected chi connectivity index (χ0v) is 11.3.